The molecule has 1 heterocycles. The number of aromatic amines is 1. The fraction of sp³-hybridized carbons (Fsp3) is 0.261. The van der Waals surface area contributed by atoms with E-state index in [-0.39, 0.29) is 17.4 Å². The molecule has 8 heteroatoms. The molecule has 3 aromatic rings. The third kappa shape index (κ3) is 5.38. The molecule has 2 aromatic carbocycles. The number of hydrogen-bond acceptors (Lipinski definition) is 4. The average molecular weight is 488 g/mol. The minimum absolute atomic E-state index is 0.0927. The van der Waals surface area contributed by atoms with Crippen molar-refractivity contribution in [2.75, 3.05) is 13.1 Å². The zero-order chi connectivity index (χ0) is 22.4. The van der Waals surface area contributed by atoms with Crippen molar-refractivity contribution in [3.05, 3.63) is 92.1 Å². The molecule has 6 nitrogen and oxygen atoms in total. The standard InChI is InChI=1S/C23H23BrFN3O3/c1-2-12-28(23(31)21-22(30)20(29)14-26-27-21)13-11-17(15-7-9-16(25)10-8-15)18-5-3-4-6-19(18)24/h3-10,14,17H,2,11-13H2,1H3,(H,26,30)(H,27,29). The number of carbonyl (C=O) groups excluding carboxylic acids is 1. The van der Waals surface area contributed by atoms with Gasteiger partial charge in [0.05, 0.1) is 6.20 Å². The first-order valence-corrected chi connectivity index (χ1v) is 10.8. The summed E-state index contributed by atoms with van der Waals surface area (Å²) in [5.74, 6) is -1.53. The Morgan fingerprint density at radius 3 is 2.58 bits per heavy atom. The van der Waals surface area contributed by atoms with Crippen molar-refractivity contribution in [2.45, 2.75) is 25.7 Å². The number of H-pyrrole nitrogens is 1. The van der Waals surface area contributed by atoms with Gasteiger partial charge in [-0.25, -0.2) is 4.39 Å². The van der Waals surface area contributed by atoms with Gasteiger partial charge < -0.3 is 10.0 Å². The summed E-state index contributed by atoms with van der Waals surface area (Å²) in [5, 5.41) is 16.1. The summed E-state index contributed by atoms with van der Waals surface area (Å²) in [6.07, 6.45) is 2.19. The fourth-order valence-electron chi connectivity index (χ4n) is 3.52. The molecule has 0 spiro atoms. The van der Waals surface area contributed by atoms with Crippen molar-refractivity contribution in [1.82, 2.24) is 15.1 Å². The van der Waals surface area contributed by atoms with E-state index in [9.17, 15) is 19.1 Å². The Kier molecular flexibility index (Phi) is 7.57. The fourth-order valence-corrected chi connectivity index (χ4v) is 4.09. The highest BCUT2D eigenvalue weighted by atomic mass is 79.9. The van der Waals surface area contributed by atoms with Crippen LogP contribution < -0.4 is 5.43 Å². The Morgan fingerprint density at radius 1 is 1.19 bits per heavy atom. The molecule has 31 heavy (non-hydrogen) atoms. The predicted molar refractivity (Wildman–Crippen MR) is 120 cm³/mol. The van der Waals surface area contributed by atoms with E-state index in [1.54, 1.807) is 17.0 Å². The molecule has 0 bridgehead atoms. The van der Waals surface area contributed by atoms with E-state index in [0.717, 1.165) is 21.8 Å². The number of benzene rings is 2. The lowest BCUT2D eigenvalue weighted by molar-refractivity contribution is 0.0741. The van der Waals surface area contributed by atoms with Gasteiger partial charge in [0.15, 0.2) is 11.4 Å². The molecule has 162 valence electrons. The van der Waals surface area contributed by atoms with Gasteiger partial charge in [0.25, 0.3) is 5.91 Å². The van der Waals surface area contributed by atoms with Crippen LogP contribution in [0.5, 0.6) is 5.75 Å². The topological polar surface area (TPSA) is 86.3 Å². The molecule has 0 aliphatic rings. The quantitative estimate of drug-likeness (QED) is 0.491. The second-order valence-electron chi connectivity index (χ2n) is 7.16. The van der Waals surface area contributed by atoms with E-state index >= 15 is 0 Å². The van der Waals surface area contributed by atoms with E-state index in [2.05, 4.69) is 26.1 Å². The van der Waals surface area contributed by atoms with Gasteiger partial charge in [0.1, 0.15) is 5.82 Å². The molecule has 0 radical (unpaired) electrons. The van der Waals surface area contributed by atoms with Crippen LogP contribution in [0.15, 0.2) is 64.0 Å². The molecule has 0 aliphatic carbocycles. The van der Waals surface area contributed by atoms with Crippen LogP contribution in [0.25, 0.3) is 0 Å². The van der Waals surface area contributed by atoms with Crippen LogP contribution in [0, 0.1) is 5.82 Å². The van der Waals surface area contributed by atoms with Crippen LogP contribution in [0.1, 0.15) is 47.3 Å². The lowest BCUT2D eigenvalue weighted by atomic mass is 9.88. The highest BCUT2D eigenvalue weighted by Gasteiger charge is 2.24. The molecule has 0 aliphatic heterocycles. The van der Waals surface area contributed by atoms with E-state index in [1.807, 2.05) is 31.2 Å². The summed E-state index contributed by atoms with van der Waals surface area (Å²) < 4.78 is 14.4. The Morgan fingerprint density at radius 2 is 1.90 bits per heavy atom. The lowest BCUT2D eigenvalue weighted by Crippen LogP contribution is -2.35. The van der Waals surface area contributed by atoms with Crippen molar-refractivity contribution >= 4 is 21.8 Å². The Balaban J connectivity index is 1.90. The molecule has 3 rings (SSSR count). The molecule has 1 amide bonds. The second kappa shape index (κ2) is 10.3. The molecule has 0 saturated heterocycles. The molecule has 0 saturated carbocycles. The third-order valence-electron chi connectivity index (χ3n) is 5.06. The monoisotopic (exact) mass is 487 g/mol. The number of nitrogens with one attached hydrogen (secondary N) is 1. The largest absolute Gasteiger partial charge is 0.502 e. The van der Waals surface area contributed by atoms with Crippen molar-refractivity contribution in [2.24, 2.45) is 0 Å². The number of halogens is 2. The first-order chi connectivity index (χ1) is 14.9. The van der Waals surface area contributed by atoms with E-state index in [0.29, 0.717) is 25.9 Å². The van der Waals surface area contributed by atoms with Crippen molar-refractivity contribution in [3.8, 4) is 5.75 Å². The Hall–Kier alpha value is -3.00. The van der Waals surface area contributed by atoms with Crippen LogP contribution in [0.4, 0.5) is 4.39 Å². The number of carbonyl (C=O) groups is 1. The Labute approximate surface area is 187 Å². The van der Waals surface area contributed by atoms with Gasteiger partial charge in [-0.2, -0.15) is 5.10 Å². The molecular formula is C23H23BrFN3O3. The van der Waals surface area contributed by atoms with Gasteiger partial charge in [-0.1, -0.05) is 53.2 Å². The Bertz CT molecular complexity index is 1100. The van der Waals surface area contributed by atoms with Crippen LogP contribution >= 0.6 is 15.9 Å². The van der Waals surface area contributed by atoms with Gasteiger partial charge in [0.2, 0.25) is 5.43 Å². The summed E-state index contributed by atoms with van der Waals surface area (Å²) in [7, 11) is 0. The minimum atomic E-state index is -0.712. The van der Waals surface area contributed by atoms with E-state index in [1.165, 1.54) is 12.1 Å². The van der Waals surface area contributed by atoms with Crippen LogP contribution in [0.3, 0.4) is 0 Å². The number of hydrogen-bond donors (Lipinski definition) is 2. The number of amides is 1. The molecule has 1 unspecified atom stereocenters. The number of nitrogens with zero attached hydrogens (tertiary/aromatic N) is 2. The molecule has 1 atom stereocenters. The van der Waals surface area contributed by atoms with Gasteiger partial charge >= 0.3 is 0 Å². The average Bonchev–Trinajstić information content (AvgIpc) is 2.76. The first-order valence-electron chi connectivity index (χ1n) is 9.98. The predicted octanol–water partition coefficient (Wildman–Crippen LogP) is 4.45. The van der Waals surface area contributed by atoms with E-state index < -0.39 is 17.1 Å². The lowest BCUT2D eigenvalue weighted by Gasteiger charge is -2.26. The maximum absolute atomic E-state index is 13.5. The SMILES string of the molecule is CCCN(CCC(c1ccc(F)cc1)c1ccccc1Br)C(=O)c1[nH]ncc(=O)c1O. The highest BCUT2D eigenvalue weighted by molar-refractivity contribution is 9.10. The van der Waals surface area contributed by atoms with Gasteiger partial charge in [-0.05, 0) is 42.2 Å². The van der Waals surface area contributed by atoms with Gasteiger partial charge in [-0.3, -0.25) is 14.7 Å². The second-order valence-corrected chi connectivity index (χ2v) is 8.02. The normalized spacial score (nSPS) is 11.8. The van der Waals surface area contributed by atoms with Crippen molar-refractivity contribution in [1.29, 1.82) is 0 Å². The molecule has 2 N–H and O–H groups in total. The van der Waals surface area contributed by atoms with Gasteiger partial charge in [0, 0.05) is 23.5 Å². The summed E-state index contributed by atoms with van der Waals surface area (Å²) in [4.78, 5) is 26.3. The zero-order valence-electron chi connectivity index (χ0n) is 17.0. The number of aromatic nitrogens is 2. The van der Waals surface area contributed by atoms with Crippen LogP contribution in [0.2, 0.25) is 0 Å². The number of aromatic hydroxyl groups is 1. The maximum Gasteiger partial charge on any atom is 0.275 e. The van der Waals surface area contributed by atoms with Crippen LogP contribution in [-0.2, 0) is 0 Å². The van der Waals surface area contributed by atoms with Crippen molar-refractivity contribution in [3.63, 3.8) is 0 Å². The zero-order valence-corrected chi connectivity index (χ0v) is 18.6. The summed E-state index contributed by atoms with van der Waals surface area (Å²) in [5.41, 5.74) is 1.02. The first kappa shape index (κ1) is 22.7. The summed E-state index contributed by atoms with van der Waals surface area (Å²) in [6.45, 7) is 2.76. The minimum Gasteiger partial charge on any atom is -0.502 e. The smallest absolute Gasteiger partial charge is 0.275 e. The summed E-state index contributed by atoms with van der Waals surface area (Å²) >= 11 is 3.59. The highest BCUT2D eigenvalue weighted by Crippen LogP contribution is 2.33. The third-order valence-corrected chi connectivity index (χ3v) is 5.79. The molecule has 0 fully saturated rings. The van der Waals surface area contributed by atoms with Crippen LogP contribution in [-0.4, -0.2) is 39.2 Å². The summed E-state index contributed by atoms with van der Waals surface area (Å²) in [6, 6.07) is 14.1. The molecule has 1 aromatic heterocycles. The maximum atomic E-state index is 13.5. The van der Waals surface area contributed by atoms with Crippen molar-refractivity contribution < 1.29 is 14.3 Å². The number of rotatable bonds is 8. The molecular weight excluding hydrogens is 465 g/mol. The van der Waals surface area contributed by atoms with E-state index in [4.69, 9.17) is 0 Å². The van der Waals surface area contributed by atoms with Gasteiger partial charge in [-0.15, -0.1) is 0 Å².